The Hall–Kier alpha value is -3.98. The number of aryl methyl sites for hydroxylation is 2. The third-order valence-electron chi connectivity index (χ3n) is 5.14. The van der Waals surface area contributed by atoms with Gasteiger partial charge in [0.05, 0.1) is 24.8 Å². The number of carbonyl (C=O) groups is 1. The van der Waals surface area contributed by atoms with Crippen LogP contribution in [0, 0.1) is 12.7 Å². The number of aliphatic imine (C=N–C) groups is 1. The predicted octanol–water partition coefficient (Wildman–Crippen LogP) is 3.38. The van der Waals surface area contributed by atoms with E-state index in [0.717, 1.165) is 23.4 Å². The summed E-state index contributed by atoms with van der Waals surface area (Å²) < 4.78 is 19.6. The van der Waals surface area contributed by atoms with E-state index in [1.54, 1.807) is 31.6 Å². The standard InChI is InChI=1S/C18H21N5O3.C8H9F/c1-12-10-23(11-20-12)15-5-4-13(9-16(15)26-2)8-14-17(25)22-18(21-14)19-6-3-7-24;1-2-7-3-5-8(9)6-4-7/h4-5,8-11,24H,3,6-7H2,1-2H3,(H2,19,21,22,25);3-6H,2H2,1H3/b14-8-;. The van der Waals surface area contributed by atoms with Gasteiger partial charge in [0.25, 0.3) is 5.91 Å². The van der Waals surface area contributed by atoms with Crippen molar-refractivity contribution in [1.29, 1.82) is 0 Å². The van der Waals surface area contributed by atoms with Gasteiger partial charge in [-0.1, -0.05) is 25.1 Å². The van der Waals surface area contributed by atoms with Gasteiger partial charge >= 0.3 is 0 Å². The average molecular weight is 480 g/mol. The van der Waals surface area contributed by atoms with E-state index >= 15 is 0 Å². The van der Waals surface area contributed by atoms with Crippen LogP contribution in [-0.4, -0.2) is 46.8 Å². The number of nitrogens with one attached hydrogen (secondary N) is 2. The number of nitrogens with zero attached hydrogens (tertiary/aromatic N) is 3. The highest BCUT2D eigenvalue weighted by Gasteiger charge is 2.21. The zero-order chi connectivity index (χ0) is 25.2. The first kappa shape index (κ1) is 25.6. The average Bonchev–Trinajstić information content (AvgIpc) is 3.45. The minimum atomic E-state index is -0.249. The molecule has 1 amide bonds. The Balaban J connectivity index is 0.000000320. The number of methoxy groups -OCH3 is 1. The van der Waals surface area contributed by atoms with Crippen LogP contribution in [0.25, 0.3) is 11.8 Å². The second-order valence-electron chi connectivity index (χ2n) is 7.78. The first-order valence-corrected chi connectivity index (χ1v) is 11.3. The summed E-state index contributed by atoms with van der Waals surface area (Å²) in [6.45, 7) is 4.48. The molecule has 8 nitrogen and oxygen atoms in total. The van der Waals surface area contributed by atoms with Gasteiger partial charge in [-0.3, -0.25) is 15.1 Å². The molecule has 1 aromatic heterocycles. The van der Waals surface area contributed by atoms with Crippen LogP contribution in [0.15, 0.2) is 65.7 Å². The van der Waals surface area contributed by atoms with Crippen molar-refractivity contribution >= 4 is 17.9 Å². The van der Waals surface area contributed by atoms with Crippen molar-refractivity contribution in [1.82, 2.24) is 20.2 Å². The fraction of sp³-hybridized carbons (Fsp3) is 0.269. The van der Waals surface area contributed by atoms with Gasteiger partial charge < -0.3 is 19.7 Å². The van der Waals surface area contributed by atoms with Crippen molar-refractivity contribution in [2.24, 2.45) is 4.99 Å². The third kappa shape index (κ3) is 7.25. The Morgan fingerprint density at radius 2 is 1.97 bits per heavy atom. The van der Waals surface area contributed by atoms with Crippen molar-refractivity contribution in [2.45, 2.75) is 26.7 Å². The van der Waals surface area contributed by atoms with Crippen molar-refractivity contribution in [2.75, 3.05) is 20.3 Å². The Morgan fingerprint density at radius 1 is 1.20 bits per heavy atom. The lowest BCUT2D eigenvalue weighted by Gasteiger charge is -2.10. The van der Waals surface area contributed by atoms with E-state index in [1.807, 2.05) is 42.8 Å². The molecule has 9 heteroatoms. The monoisotopic (exact) mass is 479 g/mol. The van der Waals surface area contributed by atoms with Crippen LogP contribution in [0.4, 0.5) is 4.39 Å². The van der Waals surface area contributed by atoms with Crippen LogP contribution in [-0.2, 0) is 11.2 Å². The van der Waals surface area contributed by atoms with Crippen LogP contribution >= 0.6 is 0 Å². The molecule has 4 rings (SSSR count). The molecule has 0 spiro atoms. The molecule has 0 bridgehead atoms. The molecule has 1 aliphatic rings. The minimum absolute atomic E-state index is 0.0655. The zero-order valence-corrected chi connectivity index (χ0v) is 20.1. The molecule has 3 aromatic rings. The molecule has 2 heterocycles. The number of aliphatic hydroxyl groups excluding tert-OH is 1. The van der Waals surface area contributed by atoms with Crippen LogP contribution in [0.2, 0.25) is 0 Å². The SMILES string of the molecule is CCc1ccc(F)cc1.COc1cc(/C=C2\NC(=NCCCO)NC2=O)ccc1-n1cnc(C)c1. The first-order valence-electron chi connectivity index (χ1n) is 11.3. The van der Waals surface area contributed by atoms with Gasteiger partial charge in [-0.25, -0.2) is 9.37 Å². The number of hydrogen-bond acceptors (Lipinski definition) is 5. The normalized spacial score (nSPS) is 14.9. The highest BCUT2D eigenvalue weighted by molar-refractivity contribution is 6.15. The van der Waals surface area contributed by atoms with Crippen LogP contribution in [0.1, 0.15) is 30.2 Å². The summed E-state index contributed by atoms with van der Waals surface area (Å²) >= 11 is 0. The molecule has 0 aliphatic carbocycles. The number of rotatable bonds is 7. The van der Waals surface area contributed by atoms with E-state index in [2.05, 4.69) is 20.6 Å². The van der Waals surface area contributed by atoms with E-state index in [9.17, 15) is 9.18 Å². The number of carbonyl (C=O) groups excluding carboxylic acids is 1. The maximum atomic E-state index is 12.2. The second kappa shape index (κ2) is 12.5. The van der Waals surface area contributed by atoms with E-state index in [-0.39, 0.29) is 18.3 Å². The fourth-order valence-corrected chi connectivity index (χ4v) is 3.27. The van der Waals surface area contributed by atoms with Gasteiger partial charge in [-0.05, 0) is 61.2 Å². The van der Waals surface area contributed by atoms with E-state index in [1.165, 1.54) is 17.7 Å². The summed E-state index contributed by atoms with van der Waals surface area (Å²) in [4.78, 5) is 20.5. The lowest BCUT2D eigenvalue weighted by molar-refractivity contribution is -0.115. The minimum Gasteiger partial charge on any atom is -0.495 e. The van der Waals surface area contributed by atoms with Crippen LogP contribution in [0.3, 0.4) is 0 Å². The molecule has 0 saturated carbocycles. The van der Waals surface area contributed by atoms with E-state index in [0.29, 0.717) is 30.4 Å². The number of guanidine groups is 1. The lowest BCUT2D eigenvalue weighted by Crippen LogP contribution is -2.25. The molecule has 184 valence electrons. The molecular weight excluding hydrogens is 449 g/mol. The van der Waals surface area contributed by atoms with Crippen LogP contribution < -0.4 is 15.4 Å². The number of hydrogen-bond donors (Lipinski definition) is 3. The quantitative estimate of drug-likeness (QED) is 0.356. The number of benzene rings is 2. The van der Waals surface area contributed by atoms with Crippen molar-refractivity contribution in [3.63, 3.8) is 0 Å². The molecule has 1 fully saturated rings. The summed E-state index contributed by atoms with van der Waals surface area (Å²) in [7, 11) is 1.60. The number of aliphatic hydroxyl groups is 1. The third-order valence-corrected chi connectivity index (χ3v) is 5.14. The topological polar surface area (TPSA) is 101 Å². The highest BCUT2D eigenvalue weighted by atomic mass is 19.1. The maximum absolute atomic E-state index is 12.2. The second-order valence-corrected chi connectivity index (χ2v) is 7.78. The summed E-state index contributed by atoms with van der Waals surface area (Å²) in [6, 6.07) is 12.2. The van der Waals surface area contributed by atoms with Gasteiger partial charge in [-0.15, -0.1) is 0 Å². The predicted molar refractivity (Wildman–Crippen MR) is 134 cm³/mol. The van der Waals surface area contributed by atoms with Gasteiger partial charge in [0, 0.05) is 19.3 Å². The summed E-state index contributed by atoms with van der Waals surface area (Å²) in [5.74, 6) is 0.660. The van der Waals surface area contributed by atoms with Gasteiger partial charge in [-0.2, -0.15) is 0 Å². The Kier molecular flexibility index (Phi) is 9.14. The number of imidazole rings is 1. The number of halogens is 1. The van der Waals surface area contributed by atoms with Gasteiger partial charge in [0.2, 0.25) is 5.96 Å². The first-order chi connectivity index (χ1) is 16.9. The Labute approximate surface area is 204 Å². The Bertz CT molecular complexity index is 1200. The fourth-order valence-electron chi connectivity index (χ4n) is 3.27. The molecule has 35 heavy (non-hydrogen) atoms. The van der Waals surface area contributed by atoms with E-state index < -0.39 is 0 Å². The number of aromatic nitrogens is 2. The number of ether oxygens (including phenoxy) is 1. The molecule has 3 N–H and O–H groups in total. The van der Waals surface area contributed by atoms with Crippen molar-refractivity contribution in [3.05, 3.63) is 83.3 Å². The van der Waals surface area contributed by atoms with Gasteiger partial charge in [0.15, 0.2) is 0 Å². The highest BCUT2D eigenvalue weighted by Crippen LogP contribution is 2.25. The zero-order valence-electron chi connectivity index (χ0n) is 20.1. The molecule has 1 saturated heterocycles. The molecular formula is C26H30FN5O3. The summed E-state index contributed by atoms with van der Waals surface area (Å²) in [5.41, 5.74) is 4.18. The number of amides is 1. The molecule has 0 radical (unpaired) electrons. The summed E-state index contributed by atoms with van der Waals surface area (Å²) in [6.07, 6.45) is 6.89. The molecule has 1 aliphatic heterocycles. The van der Waals surface area contributed by atoms with Crippen molar-refractivity contribution in [3.8, 4) is 11.4 Å². The molecule has 2 aromatic carbocycles. The molecule has 0 unspecified atom stereocenters. The maximum Gasteiger partial charge on any atom is 0.274 e. The van der Waals surface area contributed by atoms with Crippen LogP contribution in [0.5, 0.6) is 5.75 Å². The van der Waals surface area contributed by atoms with E-state index in [4.69, 9.17) is 9.84 Å². The lowest BCUT2D eigenvalue weighted by atomic mass is 10.1. The summed E-state index contributed by atoms with van der Waals surface area (Å²) in [5, 5.41) is 14.4. The smallest absolute Gasteiger partial charge is 0.274 e. The van der Waals surface area contributed by atoms with Gasteiger partial charge in [0.1, 0.15) is 17.3 Å². The molecule has 0 atom stereocenters. The largest absolute Gasteiger partial charge is 0.495 e. The Morgan fingerprint density at radius 3 is 2.60 bits per heavy atom. The van der Waals surface area contributed by atoms with Crippen molar-refractivity contribution < 1.29 is 19.0 Å².